The van der Waals surface area contributed by atoms with Crippen LogP contribution in [-0.2, 0) is 29.7 Å². The van der Waals surface area contributed by atoms with E-state index in [0.29, 0.717) is 25.6 Å². The minimum atomic E-state index is -3.98. The van der Waals surface area contributed by atoms with Crippen molar-refractivity contribution in [3.63, 3.8) is 0 Å². The van der Waals surface area contributed by atoms with E-state index >= 15 is 0 Å². The van der Waals surface area contributed by atoms with Gasteiger partial charge >= 0.3 is 0 Å². The molecule has 208 valence electrons. The van der Waals surface area contributed by atoms with Gasteiger partial charge in [0.05, 0.1) is 4.90 Å². The summed E-state index contributed by atoms with van der Waals surface area (Å²) in [6.45, 7) is 3.59. The lowest BCUT2D eigenvalue weighted by Crippen LogP contribution is -2.32. The van der Waals surface area contributed by atoms with Crippen molar-refractivity contribution < 1.29 is 22.3 Å². The predicted octanol–water partition coefficient (Wildman–Crippen LogP) is 2.76. The first-order valence-corrected chi connectivity index (χ1v) is 14.1. The topological polar surface area (TPSA) is 114 Å². The molecule has 1 aliphatic rings. The van der Waals surface area contributed by atoms with Gasteiger partial charge in [-0.05, 0) is 29.7 Å². The molecule has 1 aliphatic heterocycles. The normalized spacial score (nSPS) is 13.0. The van der Waals surface area contributed by atoms with Crippen LogP contribution < -0.4 is 20.5 Å². The van der Waals surface area contributed by atoms with E-state index in [1.165, 1.54) is 24.7 Å². The number of aromatic nitrogens is 2. The Labute approximate surface area is 227 Å². The fourth-order valence-corrected chi connectivity index (χ4v) is 5.36. The number of carbonyl (C=O) groups is 1. The number of carbonyl (C=O) groups excluding carboxylic acids is 1. The Morgan fingerprint density at radius 3 is 2.59 bits per heavy atom. The monoisotopic (exact) mass is 557 g/mol. The molecule has 1 N–H and O–H groups in total. The van der Waals surface area contributed by atoms with E-state index in [-0.39, 0.29) is 35.1 Å². The average Bonchev–Trinajstić information content (AvgIpc) is 3.33. The number of anilines is 1. The number of fused-ring (bicyclic) bond motifs is 1. The number of unbranched alkanes of at least 4 members (excludes halogenated alkanes) is 1. The number of benzene rings is 2. The summed E-state index contributed by atoms with van der Waals surface area (Å²) in [5.41, 5.74) is 0.346. The van der Waals surface area contributed by atoms with E-state index in [2.05, 4.69) is 17.2 Å². The van der Waals surface area contributed by atoms with E-state index in [9.17, 15) is 22.4 Å². The van der Waals surface area contributed by atoms with Crippen LogP contribution in [0, 0.1) is 5.82 Å². The Balaban J connectivity index is 1.67. The van der Waals surface area contributed by atoms with Gasteiger partial charge in [-0.3, -0.25) is 14.2 Å². The van der Waals surface area contributed by atoms with E-state index in [1.54, 1.807) is 0 Å². The zero-order chi connectivity index (χ0) is 28.2. The van der Waals surface area contributed by atoms with Gasteiger partial charge in [0.1, 0.15) is 12.4 Å². The average molecular weight is 558 g/mol. The summed E-state index contributed by atoms with van der Waals surface area (Å²) < 4.78 is 47.8. The zero-order valence-corrected chi connectivity index (χ0v) is 23.0. The van der Waals surface area contributed by atoms with Gasteiger partial charge in [0.25, 0.3) is 11.5 Å². The Bertz CT molecular complexity index is 1510. The number of hydrogen-bond donors (Lipinski definition) is 1. The first-order chi connectivity index (χ1) is 18.6. The van der Waals surface area contributed by atoms with Gasteiger partial charge in [-0.2, -0.15) is 0 Å². The Hall–Kier alpha value is -3.77. The Kier molecular flexibility index (Phi) is 8.66. The van der Waals surface area contributed by atoms with Crippen LogP contribution in [0.1, 0.15) is 41.4 Å². The zero-order valence-electron chi connectivity index (χ0n) is 22.2. The summed E-state index contributed by atoms with van der Waals surface area (Å²) in [6, 6.07) is 12.6. The largest absolute Gasteiger partial charge is 0.481 e. The highest BCUT2D eigenvalue weighted by Crippen LogP contribution is 2.24. The number of ether oxygens (including phenoxy) is 1. The SMILES string of the molecule is CCCCN1CCn2c1nc(C(=O)NCc1ccc(F)cc1S(=O)(=O)N(C)C)c(OCc1ccccc1)c2=O. The van der Waals surface area contributed by atoms with Crippen LogP contribution in [-0.4, -0.2) is 55.4 Å². The molecule has 0 aliphatic carbocycles. The lowest BCUT2D eigenvalue weighted by atomic mass is 10.2. The van der Waals surface area contributed by atoms with Gasteiger partial charge in [0.15, 0.2) is 5.69 Å². The molecule has 0 atom stereocenters. The molecule has 0 saturated carbocycles. The van der Waals surface area contributed by atoms with Crippen LogP contribution in [0.4, 0.5) is 10.3 Å². The summed E-state index contributed by atoms with van der Waals surface area (Å²) in [7, 11) is -1.30. The van der Waals surface area contributed by atoms with Crippen molar-refractivity contribution in [1.82, 2.24) is 19.2 Å². The van der Waals surface area contributed by atoms with E-state index in [4.69, 9.17) is 4.74 Å². The molecule has 1 amide bonds. The molecule has 0 spiro atoms. The third-order valence-electron chi connectivity index (χ3n) is 6.43. The molecule has 0 fully saturated rings. The lowest BCUT2D eigenvalue weighted by molar-refractivity contribution is 0.0939. The molecule has 10 nitrogen and oxygen atoms in total. The van der Waals surface area contributed by atoms with Gasteiger partial charge in [0.2, 0.25) is 21.7 Å². The quantitative estimate of drug-likeness (QED) is 0.386. The van der Waals surface area contributed by atoms with E-state index in [1.807, 2.05) is 35.2 Å². The van der Waals surface area contributed by atoms with Crippen LogP contribution >= 0.6 is 0 Å². The van der Waals surface area contributed by atoms with Gasteiger partial charge in [-0.1, -0.05) is 49.7 Å². The maximum absolute atomic E-state index is 13.9. The third kappa shape index (κ3) is 6.12. The van der Waals surface area contributed by atoms with Crippen LogP contribution in [0.15, 0.2) is 58.2 Å². The number of amides is 1. The lowest BCUT2D eigenvalue weighted by Gasteiger charge is -2.19. The highest BCUT2D eigenvalue weighted by Gasteiger charge is 2.29. The second-order valence-corrected chi connectivity index (χ2v) is 11.5. The molecule has 39 heavy (non-hydrogen) atoms. The molecule has 3 aromatic rings. The Morgan fingerprint density at radius 1 is 1.15 bits per heavy atom. The maximum atomic E-state index is 13.9. The minimum Gasteiger partial charge on any atom is -0.481 e. The van der Waals surface area contributed by atoms with Gasteiger partial charge < -0.3 is 15.0 Å². The van der Waals surface area contributed by atoms with Crippen LogP contribution in [0.25, 0.3) is 0 Å². The van der Waals surface area contributed by atoms with Crippen LogP contribution in [0.5, 0.6) is 5.75 Å². The first-order valence-electron chi connectivity index (χ1n) is 12.7. The summed E-state index contributed by atoms with van der Waals surface area (Å²) in [5.74, 6) is -1.22. The molecular formula is C27H32FN5O5S. The first kappa shape index (κ1) is 28.2. The van der Waals surface area contributed by atoms with Crippen molar-refractivity contribution >= 4 is 21.9 Å². The van der Waals surface area contributed by atoms with Gasteiger partial charge in [-0.15, -0.1) is 0 Å². The molecule has 2 heterocycles. The van der Waals surface area contributed by atoms with E-state index < -0.39 is 27.3 Å². The van der Waals surface area contributed by atoms with Crippen molar-refractivity contribution in [2.75, 3.05) is 32.1 Å². The molecule has 1 aromatic heterocycles. The van der Waals surface area contributed by atoms with Crippen LogP contribution in [0.3, 0.4) is 0 Å². The van der Waals surface area contributed by atoms with Crippen LogP contribution in [0.2, 0.25) is 0 Å². The van der Waals surface area contributed by atoms with Gasteiger partial charge in [-0.25, -0.2) is 22.1 Å². The maximum Gasteiger partial charge on any atom is 0.298 e. The van der Waals surface area contributed by atoms with Crippen molar-refractivity contribution in [3.8, 4) is 5.75 Å². The molecule has 2 aromatic carbocycles. The summed E-state index contributed by atoms with van der Waals surface area (Å²) in [6.07, 6.45) is 1.86. The molecular weight excluding hydrogens is 525 g/mol. The molecule has 0 saturated heterocycles. The standard InChI is InChI=1S/C27H32FN5O5S/c1-4-5-13-32-14-15-33-26(35)24(38-18-19-9-7-6-8-10-19)23(30-27(32)33)25(34)29-17-20-11-12-21(28)16-22(20)39(36,37)31(2)3/h6-12,16H,4-5,13-15,17-18H2,1-3H3,(H,29,34). The van der Waals surface area contributed by atoms with Crippen molar-refractivity contribution in [2.45, 2.75) is 44.4 Å². The highest BCUT2D eigenvalue weighted by molar-refractivity contribution is 7.89. The van der Waals surface area contributed by atoms with E-state index in [0.717, 1.165) is 34.8 Å². The fourth-order valence-electron chi connectivity index (χ4n) is 4.23. The second kappa shape index (κ2) is 12.0. The number of hydrogen-bond acceptors (Lipinski definition) is 7. The van der Waals surface area contributed by atoms with Crippen molar-refractivity contribution in [1.29, 1.82) is 0 Å². The van der Waals surface area contributed by atoms with Gasteiger partial charge in [0, 0.05) is 40.3 Å². The van der Waals surface area contributed by atoms with Crippen molar-refractivity contribution in [3.05, 3.63) is 81.5 Å². The number of nitrogens with zero attached hydrogens (tertiary/aromatic N) is 4. The number of nitrogens with one attached hydrogen (secondary N) is 1. The number of rotatable bonds is 11. The van der Waals surface area contributed by atoms with Crippen molar-refractivity contribution in [2.24, 2.45) is 0 Å². The third-order valence-corrected chi connectivity index (χ3v) is 8.33. The summed E-state index contributed by atoms with van der Waals surface area (Å²) in [4.78, 5) is 33.1. The molecule has 0 unspecified atom stereocenters. The second-order valence-electron chi connectivity index (χ2n) is 9.38. The minimum absolute atomic E-state index is 0.0557. The molecule has 0 bridgehead atoms. The molecule has 0 radical (unpaired) electrons. The summed E-state index contributed by atoms with van der Waals surface area (Å²) in [5, 5.41) is 2.65. The smallest absolute Gasteiger partial charge is 0.298 e. The predicted molar refractivity (Wildman–Crippen MR) is 145 cm³/mol. The number of halogens is 1. The Morgan fingerprint density at radius 2 is 1.90 bits per heavy atom. The molecule has 12 heteroatoms. The summed E-state index contributed by atoms with van der Waals surface area (Å²) >= 11 is 0. The fraction of sp³-hybridized carbons (Fsp3) is 0.370. The number of sulfonamides is 1. The highest BCUT2D eigenvalue weighted by atomic mass is 32.2. The molecule has 4 rings (SSSR count).